The first-order valence-corrected chi connectivity index (χ1v) is 6.84. The minimum atomic E-state index is -0.317. The third-order valence-corrected chi connectivity index (χ3v) is 3.44. The smallest absolute Gasteiger partial charge is 0.124 e. The highest BCUT2D eigenvalue weighted by Crippen LogP contribution is 2.24. The highest BCUT2D eigenvalue weighted by Gasteiger charge is 2.24. The van der Waals surface area contributed by atoms with Gasteiger partial charge in [0, 0.05) is 6.04 Å². The van der Waals surface area contributed by atoms with Crippen molar-refractivity contribution in [3.8, 4) is 5.75 Å². The summed E-state index contributed by atoms with van der Waals surface area (Å²) >= 11 is 0. The van der Waals surface area contributed by atoms with E-state index in [0.717, 1.165) is 37.9 Å². The average molecular weight is 249 g/mol. The van der Waals surface area contributed by atoms with Crippen molar-refractivity contribution < 1.29 is 9.84 Å². The van der Waals surface area contributed by atoms with Crippen LogP contribution in [0.4, 0.5) is 0 Å². The summed E-state index contributed by atoms with van der Waals surface area (Å²) in [5.41, 5.74) is 6.99. The molecule has 3 heteroatoms. The lowest BCUT2D eigenvalue weighted by Gasteiger charge is -2.28. The summed E-state index contributed by atoms with van der Waals surface area (Å²) in [4.78, 5) is 0. The monoisotopic (exact) mass is 249 g/mol. The molecule has 0 heterocycles. The summed E-state index contributed by atoms with van der Waals surface area (Å²) in [6, 6.07) is 8.22. The van der Waals surface area contributed by atoms with E-state index in [1.807, 2.05) is 31.2 Å². The van der Waals surface area contributed by atoms with Crippen molar-refractivity contribution in [1.82, 2.24) is 0 Å². The molecule has 3 nitrogen and oxygen atoms in total. The van der Waals surface area contributed by atoms with E-state index in [1.54, 1.807) is 0 Å². The van der Waals surface area contributed by atoms with Crippen molar-refractivity contribution in [1.29, 1.82) is 0 Å². The van der Waals surface area contributed by atoms with E-state index in [4.69, 9.17) is 10.5 Å². The minimum Gasteiger partial charge on any atom is -0.488 e. The van der Waals surface area contributed by atoms with Crippen LogP contribution in [0.3, 0.4) is 0 Å². The van der Waals surface area contributed by atoms with Crippen LogP contribution in [-0.2, 0) is 6.42 Å². The molecule has 0 bridgehead atoms. The van der Waals surface area contributed by atoms with Crippen LogP contribution in [0.1, 0.15) is 38.2 Å². The molecule has 0 amide bonds. The third kappa shape index (κ3) is 3.72. The van der Waals surface area contributed by atoms with Gasteiger partial charge in [-0.05, 0) is 50.3 Å². The molecule has 1 aromatic rings. The third-order valence-electron chi connectivity index (χ3n) is 3.44. The number of rotatable bonds is 4. The Morgan fingerprint density at radius 2 is 1.94 bits per heavy atom. The van der Waals surface area contributed by atoms with Crippen LogP contribution in [0, 0.1) is 0 Å². The maximum atomic E-state index is 9.86. The lowest BCUT2D eigenvalue weighted by molar-refractivity contribution is 0.00687. The Morgan fingerprint density at radius 1 is 1.28 bits per heavy atom. The molecule has 0 aromatic heterocycles. The summed E-state index contributed by atoms with van der Waals surface area (Å²) < 4.78 is 5.85. The van der Waals surface area contributed by atoms with Gasteiger partial charge >= 0.3 is 0 Å². The van der Waals surface area contributed by atoms with Crippen molar-refractivity contribution in [2.45, 2.75) is 57.3 Å². The fourth-order valence-electron chi connectivity index (χ4n) is 2.47. The molecule has 3 N–H and O–H groups in total. The quantitative estimate of drug-likeness (QED) is 0.860. The second-order valence-electron chi connectivity index (χ2n) is 5.33. The maximum Gasteiger partial charge on any atom is 0.124 e. The number of nitrogens with two attached hydrogens (primary N) is 1. The molecule has 0 aliphatic heterocycles. The van der Waals surface area contributed by atoms with Crippen LogP contribution in [-0.4, -0.2) is 23.4 Å². The van der Waals surface area contributed by atoms with E-state index in [1.165, 1.54) is 5.56 Å². The minimum absolute atomic E-state index is 0.0435. The Hall–Kier alpha value is -1.06. The number of ether oxygens (including phenoxy) is 1. The van der Waals surface area contributed by atoms with Crippen LogP contribution in [0.25, 0.3) is 0 Å². The zero-order valence-electron chi connectivity index (χ0n) is 11.0. The van der Waals surface area contributed by atoms with Crippen LogP contribution in [0.2, 0.25) is 0 Å². The molecule has 1 aromatic carbocycles. The molecule has 100 valence electrons. The number of aliphatic hydroxyl groups excluding tert-OH is 1. The number of aliphatic hydroxyl groups is 1. The van der Waals surface area contributed by atoms with Crippen molar-refractivity contribution in [3.63, 3.8) is 0 Å². The van der Waals surface area contributed by atoms with E-state index >= 15 is 0 Å². The summed E-state index contributed by atoms with van der Waals surface area (Å²) in [5, 5.41) is 9.86. The molecule has 0 saturated heterocycles. The van der Waals surface area contributed by atoms with Gasteiger partial charge in [0.15, 0.2) is 0 Å². The zero-order valence-corrected chi connectivity index (χ0v) is 11.0. The topological polar surface area (TPSA) is 55.5 Å². The molecule has 3 atom stereocenters. The van der Waals surface area contributed by atoms with Gasteiger partial charge < -0.3 is 15.6 Å². The van der Waals surface area contributed by atoms with E-state index in [0.29, 0.717) is 0 Å². The first kappa shape index (κ1) is 13.4. The van der Waals surface area contributed by atoms with Gasteiger partial charge in [-0.3, -0.25) is 0 Å². The van der Waals surface area contributed by atoms with Crippen molar-refractivity contribution >= 4 is 0 Å². The van der Waals surface area contributed by atoms with Crippen molar-refractivity contribution in [3.05, 3.63) is 29.8 Å². The highest BCUT2D eigenvalue weighted by molar-refractivity contribution is 5.28. The molecular weight excluding hydrogens is 226 g/mol. The second kappa shape index (κ2) is 6.21. The first-order chi connectivity index (χ1) is 8.65. The van der Waals surface area contributed by atoms with Crippen LogP contribution in [0.15, 0.2) is 24.3 Å². The largest absolute Gasteiger partial charge is 0.488 e. The number of hydrogen-bond acceptors (Lipinski definition) is 3. The van der Waals surface area contributed by atoms with E-state index in [2.05, 4.69) is 0 Å². The molecule has 1 saturated carbocycles. The molecule has 0 spiro atoms. The Bertz CT molecular complexity index is 361. The van der Waals surface area contributed by atoms with E-state index in [-0.39, 0.29) is 18.2 Å². The van der Waals surface area contributed by atoms with E-state index in [9.17, 15) is 5.11 Å². The number of benzene rings is 1. The van der Waals surface area contributed by atoms with Crippen molar-refractivity contribution in [2.75, 3.05) is 0 Å². The summed E-state index contributed by atoms with van der Waals surface area (Å²) in [6.07, 6.45) is 4.57. The van der Waals surface area contributed by atoms with Gasteiger partial charge in [0.2, 0.25) is 0 Å². The molecule has 2 rings (SSSR count). The summed E-state index contributed by atoms with van der Waals surface area (Å²) in [7, 11) is 0. The maximum absolute atomic E-state index is 9.86. The predicted octanol–water partition coefficient (Wildman–Crippen LogP) is 2.26. The van der Waals surface area contributed by atoms with E-state index < -0.39 is 0 Å². The standard InChI is InChI=1S/C15H23NO2/c1-11(16)10-12-6-8-13(9-7-12)18-15-5-3-2-4-14(15)17/h6-9,11,14-15,17H,2-5,10,16H2,1H3. The average Bonchev–Trinajstić information content (AvgIpc) is 2.34. The Morgan fingerprint density at radius 3 is 2.56 bits per heavy atom. The van der Waals surface area contributed by atoms with Crippen LogP contribution >= 0.6 is 0 Å². The molecule has 1 fully saturated rings. The lowest BCUT2D eigenvalue weighted by atomic mass is 9.95. The molecule has 3 unspecified atom stereocenters. The zero-order chi connectivity index (χ0) is 13.0. The van der Waals surface area contributed by atoms with Gasteiger partial charge in [-0.15, -0.1) is 0 Å². The van der Waals surface area contributed by atoms with Gasteiger partial charge in [0.1, 0.15) is 11.9 Å². The molecule has 1 aliphatic carbocycles. The Labute approximate surface area is 109 Å². The van der Waals surface area contributed by atoms with Crippen molar-refractivity contribution in [2.24, 2.45) is 5.73 Å². The highest BCUT2D eigenvalue weighted by atomic mass is 16.5. The predicted molar refractivity (Wildman–Crippen MR) is 72.7 cm³/mol. The SMILES string of the molecule is CC(N)Cc1ccc(OC2CCCCC2O)cc1. The Kier molecular flexibility index (Phi) is 4.61. The van der Waals surface area contributed by atoms with Gasteiger partial charge in [0.25, 0.3) is 0 Å². The number of hydrogen-bond donors (Lipinski definition) is 2. The summed E-state index contributed by atoms with van der Waals surface area (Å²) in [6.45, 7) is 2.00. The van der Waals surface area contributed by atoms with Gasteiger partial charge in [0.05, 0.1) is 6.10 Å². The lowest BCUT2D eigenvalue weighted by Crippen LogP contribution is -2.34. The summed E-state index contributed by atoms with van der Waals surface area (Å²) in [5.74, 6) is 0.842. The normalized spacial score (nSPS) is 25.7. The molecular formula is C15H23NO2. The van der Waals surface area contributed by atoms with Gasteiger partial charge in [-0.25, -0.2) is 0 Å². The molecule has 18 heavy (non-hydrogen) atoms. The first-order valence-electron chi connectivity index (χ1n) is 6.84. The van der Waals surface area contributed by atoms with Crippen LogP contribution < -0.4 is 10.5 Å². The Balaban J connectivity index is 1.93. The van der Waals surface area contributed by atoms with Gasteiger partial charge in [-0.1, -0.05) is 18.6 Å². The second-order valence-corrected chi connectivity index (χ2v) is 5.33. The van der Waals surface area contributed by atoms with Crippen LogP contribution in [0.5, 0.6) is 5.75 Å². The molecule has 1 aliphatic rings. The fourth-order valence-corrected chi connectivity index (χ4v) is 2.47. The fraction of sp³-hybridized carbons (Fsp3) is 0.600. The van der Waals surface area contributed by atoms with Gasteiger partial charge in [-0.2, -0.15) is 0 Å². The molecule has 0 radical (unpaired) electrons.